The summed E-state index contributed by atoms with van der Waals surface area (Å²) in [5.74, 6) is 0. The molecule has 1 aliphatic rings. The Balaban J connectivity index is 1.47. The fraction of sp³-hybridized carbons (Fsp3) is 0.250. The van der Waals surface area contributed by atoms with Crippen molar-refractivity contribution >= 4 is 27.6 Å². The highest BCUT2D eigenvalue weighted by Crippen LogP contribution is 2.34. The van der Waals surface area contributed by atoms with Crippen LogP contribution in [-0.4, -0.2) is 43.2 Å². The molecule has 0 unspecified atom stereocenters. The smallest absolute Gasteiger partial charge is 0.181 e. The van der Waals surface area contributed by atoms with Gasteiger partial charge < -0.3 is 9.88 Å². The summed E-state index contributed by atoms with van der Waals surface area (Å²) in [4.78, 5) is 19.4. The van der Waals surface area contributed by atoms with Gasteiger partial charge in [-0.05, 0) is 49.9 Å². The molecule has 0 amide bonds. The second kappa shape index (κ2) is 7.19. The molecule has 0 bridgehead atoms. The van der Waals surface area contributed by atoms with Crippen LogP contribution in [0.15, 0.2) is 49.2 Å². The van der Waals surface area contributed by atoms with E-state index in [-0.39, 0.29) is 0 Å². The first-order valence-corrected chi connectivity index (χ1v) is 10.7. The van der Waals surface area contributed by atoms with Gasteiger partial charge in [-0.3, -0.25) is 15.1 Å². The van der Waals surface area contributed by atoms with Crippen LogP contribution in [0.5, 0.6) is 0 Å². The zero-order valence-electron chi connectivity index (χ0n) is 17.4. The Labute approximate surface area is 179 Å². The average Bonchev–Trinajstić information content (AvgIpc) is 3.43. The number of H-pyrrole nitrogens is 2. The highest BCUT2D eigenvalue weighted by atomic mass is 15.2. The molecular weight excluding hydrogens is 386 g/mol. The Morgan fingerprint density at radius 3 is 2.71 bits per heavy atom. The Bertz CT molecular complexity index is 1390. The van der Waals surface area contributed by atoms with Crippen molar-refractivity contribution < 1.29 is 0 Å². The predicted octanol–water partition coefficient (Wildman–Crippen LogP) is 4.86. The van der Waals surface area contributed by atoms with Crippen molar-refractivity contribution in [3.8, 4) is 22.5 Å². The second-order valence-electron chi connectivity index (χ2n) is 8.23. The van der Waals surface area contributed by atoms with Crippen molar-refractivity contribution in [1.82, 2.24) is 30.1 Å². The number of rotatable bonds is 3. The molecular formula is C24H23N7. The summed E-state index contributed by atoms with van der Waals surface area (Å²) in [5, 5.41) is 9.81. The van der Waals surface area contributed by atoms with E-state index in [1.807, 2.05) is 37.1 Å². The van der Waals surface area contributed by atoms with Gasteiger partial charge in [0.05, 0.1) is 35.0 Å². The Kier molecular flexibility index (Phi) is 4.19. The quantitative estimate of drug-likeness (QED) is 0.444. The monoisotopic (exact) mass is 409 g/mol. The minimum Gasteiger partial charge on any atom is -0.370 e. The van der Waals surface area contributed by atoms with Gasteiger partial charge in [-0.2, -0.15) is 5.10 Å². The van der Waals surface area contributed by atoms with E-state index in [0.717, 1.165) is 46.5 Å². The summed E-state index contributed by atoms with van der Waals surface area (Å²) in [5.41, 5.74) is 8.15. The molecule has 0 aromatic carbocycles. The topological polar surface area (TPSA) is 86.4 Å². The first-order valence-electron chi connectivity index (χ1n) is 10.7. The number of hydrogen-bond acceptors (Lipinski definition) is 5. The molecule has 0 radical (unpaired) electrons. The zero-order valence-corrected chi connectivity index (χ0v) is 17.4. The van der Waals surface area contributed by atoms with E-state index >= 15 is 0 Å². The normalized spacial score (nSPS) is 14.5. The number of nitrogens with one attached hydrogen (secondary N) is 2. The lowest BCUT2D eigenvalue weighted by Crippen LogP contribution is -2.29. The fourth-order valence-electron chi connectivity index (χ4n) is 4.58. The number of piperidine rings is 1. The molecule has 6 rings (SSSR count). The van der Waals surface area contributed by atoms with Crippen LogP contribution < -0.4 is 4.90 Å². The van der Waals surface area contributed by atoms with Crippen molar-refractivity contribution in [2.75, 3.05) is 18.0 Å². The SMILES string of the molecule is Cc1ccncc1-c1cnc2n[nH]c(-c3cc4c(N5CCCCC5)cncc4[nH]3)c2c1. The van der Waals surface area contributed by atoms with Crippen LogP contribution in [0.4, 0.5) is 5.69 Å². The van der Waals surface area contributed by atoms with Crippen LogP contribution >= 0.6 is 0 Å². The van der Waals surface area contributed by atoms with Crippen LogP contribution in [0.3, 0.4) is 0 Å². The highest BCUT2D eigenvalue weighted by Gasteiger charge is 2.18. The third-order valence-corrected chi connectivity index (χ3v) is 6.25. The molecule has 1 saturated heterocycles. The molecule has 31 heavy (non-hydrogen) atoms. The maximum atomic E-state index is 4.59. The number of aromatic nitrogens is 6. The summed E-state index contributed by atoms with van der Waals surface area (Å²) in [6, 6.07) is 6.36. The standard InChI is InChI=1S/C24H23N7/c1-15-5-6-25-12-19(15)16-9-18-23(29-30-24(18)27-11-16)20-10-17-21(28-20)13-26-14-22(17)31-7-3-2-4-8-31/h5-6,9-14,28H,2-4,7-8H2,1H3,(H,27,29,30). The van der Waals surface area contributed by atoms with E-state index < -0.39 is 0 Å². The maximum Gasteiger partial charge on any atom is 0.181 e. The van der Waals surface area contributed by atoms with Crippen LogP contribution in [0, 0.1) is 6.92 Å². The average molecular weight is 409 g/mol. The number of pyridine rings is 3. The molecule has 2 N–H and O–H groups in total. The predicted molar refractivity (Wildman–Crippen MR) is 123 cm³/mol. The van der Waals surface area contributed by atoms with Gasteiger partial charge >= 0.3 is 0 Å². The van der Waals surface area contributed by atoms with Gasteiger partial charge in [0.1, 0.15) is 0 Å². The summed E-state index contributed by atoms with van der Waals surface area (Å²) in [6.07, 6.45) is 13.2. The van der Waals surface area contributed by atoms with Crippen molar-refractivity contribution in [3.63, 3.8) is 0 Å². The number of fused-ring (bicyclic) bond motifs is 2. The molecule has 1 aliphatic heterocycles. The fourth-order valence-corrected chi connectivity index (χ4v) is 4.58. The third-order valence-electron chi connectivity index (χ3n) is 6.25. The summed E-state index contributed by atoms with van der Waals surface area (Å²) >= 11 is 0. The van der Waals surface area contributed by atoms with E-state index in [1.54, 1.807) is 0 Å². The molecule has 5 aromatic heterocycles. The molecule has 0 saturated carbocycles. The molecule has 154 valence electrons. The van der Waals surface area contributed by atoms with E-state index in [0.29, 0.717) is 5.65 Å². The van der Waals surface area contributed by atoms with Crippen LogP contribution in [0.2, 0.25) is 0 Å². The minimum atomic E-state index is 0.702. The maximum absolute atomic E-state index is 4.59. The highest BCUT2D eigenvalue weighted by molar-refractivity contribution is 5.99. The summed E-state index contributed by atoms with van der Waals surface area (Å²) in [6.45, 7) is 4.27. The van der Waals surface area contributed by atoms with Gasteiger partial charge in [-0.15, -0.1) is 0 Å². The third kappa shape index (κ3) is 3.04. The molecule has 7 nitrogen and oxygen atoms in total. The molecule has 1 fully saturated rings. The molecule has 7 heteroatoms. The van der Waals surface area contributed by atoms with Gasteiger partial charge in [0.2, 0.25) is 0 Å². The molecule has 5 aromatic rings. The van der Waals surface area contributed by atoms with Gasteiger partial charge in [-0.1, -0.05) is 0 Å². The van der Waals surface area contributed by atoms with Gasteiger partial charge in [0, 0.05) is 53.6 Å². The van der Waals surface area contributed by atoms with Crippen molar-refractivity contribution in [3.05, 3.63) is 54.7 Å². The molecule has 0 aliphatic carbocycles. The van der Waals surface area contributed by atoms with Crippen LogP contribution in [-0.2, 0) is 0 Å². The number of hydrogen-bond donors (Lipinski definition) is 2. The van der Waals surface area contributed by atoms with E-state index in [2.05, 4.69) is 54.1 Å². The number of aromatic amines is 2. The van der Waals surface area contributed by atoms with Gasteiger partial charge in [0.15, 0.2) is 5.65 Å². The lowest BCUT2D eigenvalue weighted by Gasteiger charge is -2.28. The Morgan fingerprint density at radius 2 is 1.84 bits per heavy atom. The molecule has 0 spiro atoms. The first kappa shape index (κ1) is 18.1. The minimum absolute atomic E-state index is 0.702. The zero-order chi connectivity index (χ0) is 20.8. The lowest BCUT2D eigenvalue weighted by molar-refractivity contribution is 0.578. The van der Waals surface area contributed by atoms with E-state index in [1.165, 1.54) is 35.9 Å². The van der Waals surface area contributed by atoms with Gasteiger partial charge in [-0.25, -0.2) is 4.98 Å². The number of nitrogens with zero attached hydrogens (tertiary/aromatic N) is 5. The second-order valence-corrected chi connectivity index (χ2v) is 8.23. The lowest BCUT2D eigenvalue weighted by atomic mass is 10.0. The molecule has 0 atom stereocenters. The van der Waals surface area contributed by atoms with Crippen molar-refractivity contribution in [1.29, 1.82) is 0 Å². The first-order chi connectivity index (χ1) is 15.3. The van der Waals surface area contributed by atoms with Crippen molar-refractivity contribution in [2.45, 2.75) is 26.2 Å². The summed E-state index contributed by atoms with van der Waals surface area (Å²) < 4.78 is 0. The Hall–Kier alpha value is -3.74. The van der Waals surface area contributed by atoms with Gasteiger partial charge in [0.25, 0.3) is 0 Å². The largest absolute Gasteiger partial charge is 0.370 e. The number of aryl methyl sites for hydroxylation is 1. The van der Waals surface area contributed by atoms with Crippen molar-refractivity contribution in [2.24, 2.45) is 0 Å². The Morgan fingerprint density at radius 1 is 0.935 bits per heavy atom. The summed E-state index contributed by atoms with van der Waals surface area (Å²) in [7, 11) is 0. The van der Waals surface area contributed by atoms with Crippen LogP contribution in [0.25, 0.3) is 44.5 Å². The van der Waals surface area contributed by atoms with Crippen LogP contribution in [0.1, 0.15) is 24.8 Å². The number of anilines is 1. The van der Waals surface area contributed by atoms with E-state index in [9.17, 15) is 0 Å². The van der Waals surface area contributed by atoms with E-state index in [4.69, 9.17) is 0 Å². The molecule has 6 heterocycles.